The molecule has 1 atom stereocenters. The van der Waals surface area contributed by atoms with E-state index in [2.05, 4.69) is 13.8 Å². The second-order valence-electron chi connectivity index (χ2n) is 5.12. The number of hydrogen-bond acceptors (Lipinski definition) is 2. The second kappa shape index (κ2) is 5.86. The fourth-order valence-corrected chi connectivity index (χ4v) is 2.67. The zero-order valence-electron chi connectivity index (χ0n) is 10.6. The third kappa shape index (κ3) is 3.46. The fourth-order valence-electron chi connectivity index (χ4n) is 2.67. The predicted molar refractivity (Wildman–Crippen MR) is 64.9 cm³/mol. The molecule has 0 aromatic heterocycles. The van der Waals surface area contributed by atoms with Gasteiger partial charge < -0.3 is 10.5 Å². The lowest BCUT2D eigenvalue weighted by Gasteiger charge is -2.42. The Hall–Kier alpha value is -0.0800. The summed E-state index contributed by atoms with van der Waals surface area (Å²) in [5.74, 6) is 0.800. The molecule has 0 radical (unpaired) electrons. The summed E-state index contributed by atoms with van der Waals surface area (Å²) in [5, 5.41) is 0. The first-order chi connectivity index (χ1) is 7.15. The summed E-state index contributed by atoms with van der Waals surface area (Å²) in [6.07, 6.45) is 8.46. The van der Waals surface area contributed by atoms with Crippen LogP contribution in [0.5, 0.6) is 0 Å². The highest BCUT2D eigenvalue weighted by Gasteiger charge is 2.38. The lowest BCUT2D eigenvalue weighted by atomic mass is 9.74. The zero-order chi connectivity index (χ0) is 11.3. The Morgan fingerprint density at radius 2 is 1.87 bits per heavy atom. The van der Waals surface area contributed by atoms with Crippen molar-refractivity contribution in [3.8, 4) is 0 Å². The second-order valence-corrected chi connectivity index (χ2v) is 5.12. The van der Waals surface area contributed by atoms with Gasteiger partial charge in [0.2, 0.25) is 0 Å². The number of nitrogens with two attached hydrogens (primary N) is 1. The van der Waals surface area contributed by atoms with Crippen LogP contribution in [-0.4, -0.2) is 18.8 Å². The Kier molecular flexibility index (Phi) is 5.07. The maximum atomic E-state index is 6.22. The molecular formula is C13H27NO. The van der Waals surface area contributed by atoms with E-state index < -0.39 is 0 Å². The van der Waals surface area contributed by atoms with Gasteiger partial charge in [-0.2, -0.15) is 0 Å². The van der Waals surface area contributed by atoms with E-state index in [9.17, 15) is 0 Å². The molecule has 0 spiro atoms. The van der Waals surface area contributed by atoms with Gasteiger partial charge >= 0.3 is 0 Å². The van der Waals surface area contributed by atoms with Gasteiger partial charge in [-0.3, -0.25) is 0 Å². The molecule has 1 fully saturated rings. The van der Waals surface area contributed by atoms with Crippen molar-refractivity contribution in [3.05, 3.63) is 0 Å². The van der Waals surface area contributed by atoms with Crippen molar-refractivity contribution < 1.29 is 4.74 Å². The topological polar surface area (TPSA) is 35.2 Å². The first-order valence-corrected chi connectivity index (χ1v) is 6.46. The molecule has 0 aliphatic heterocycles. The minimum absolute atomic E-state index is 0.144. The molecule has 2 nitrogen and oxygen atoms in total. The van der Waals surface area contributed by atoms with E-state index in [0.29, 0.717) is 6.04 Å². The average Bonchev–Trinajstić information content (AvgIpc) is 2.20. The van der Waals surface area contributed by atoms with E-state index in [1.807, 2.05) is 7.11 Å². The van der Waals surface area contributed by atoms with Crippen molar-refractivity contribution in [1.29, 1.82) is 0 Å². The molecule has 0 bridgehead atoms. The Labute approximate surface area is 94.6 Å². The Morgan fingerprint density at radius 3 is 2.20 bits per heavy atom. The number of ether oxygens (including phenoxy) is 1. The van der Waals surface area contributed by atoms with E-state index in [1.165, 1.54) is 32.1 Å². The van der Waals surface area contributed by atoms with E-state index >= 15 is 0 Å². The summed E-state index contributed by atoms with van der Waals surface area (Å²) in [5.41, 5.74) is 6.36. The van der Waals surface area contributed by atoms with Crippen LogP contribution >= 0.6 is 0 Å². The quantitative estimate of drug-likeness (QED) is 0.705. The van der Waals surface area contributed by atoms with Gasteiger partial charge in [-0.15, -0.1) is 0 Å². The molecule has 90 valence electrons. The van der Waals surface area contributed by atoms with E-state index in [0.717, 1.165) is 18.8 Å². The molecule has 0 aromatic carbocycles. The largest absolute Gasteiger partial charge is 0.378 e. The van der Waals surface area contributed by atoms with Gasteiger partial charge in [0.05, 0.1) is 5.60 Å². The van der Waals surface area contributed by atoms with Crippen LogP contribution in [0.25, 0.3) is 0 Å². The lowest BCUT2D eigenvalue weighted by molar-refractivity contribution is -0.0824. The van der Waals surface area contributed by atoms with Gasteiger partial charge in [-0.1, -0.05) is 26.7 Å². The van der Waals surface area contributed by atoms with Crippen LogP contribution in [0.2, 0.25) is 0 Å². The molecule has 0 saturated heterocycles. The number of hydrogen-bond donors (Lipinski definition) is 1. The van der Waals surface area contributed by atoms with Crippen LogP contribution in [0.3, 0.4) is 0 Å². The summed E-state index contributed by atoms with van der Waals surface area (Å²) in [7, 11) is 1.84. The summed E-state index contributed by atoms with van der Waals surface area (Å²) >= 11 is 0. The normalized spacial score (nSPS) is 21.4. The Bertz CT molecular complexity index is 168. The van der Waals surface area contributed by atoms with Crippen LogP contribution in [0.1, 0.15) is 58.8 Å². The van der Waals surface area contributed by atoms with Crippen molar-refractivity contribution in [1.82, 2.24) is 0 Å². The first-order valence-electron chi connectivity index (χ1n) is 6.46. The summed E-state index contributed by atoms with van der Waals surface area (Å²) in [6, 6.07) is 0.329. The van der Waals surface area contributed by atoms with Gasteiger partial charge in [0.1, 0.15) is 0 Å². The molecule has 0 heterocycles. The smallest absolute Gasteiger partial charge is 0.0693 e. The van der Waals surface area contributed by atoms with Crippen LogP contribution in [-0.2, 0) is 4.74 Å². The maximum Gasteiger partial charge on any atom is 0.0693 e. The van der Waals surface area contributed by atoms with Crippen molar-refractivity contribution in [2.24, 2.45) is 11.7 Å². The van der Waals surface area contributed by atoms with Gasteiger partial charge in [0.25, 0.3) is 0 Å². The molecule has 1 aliphatic carbocycles. The van der Waals surface area contributed by atoms with Crippen molar-refractivity contribution in [2.45, 2.75) is 70.4 Å². The molecule has 1 aliphatic rings. The summed E-state index contributed by atoms with van der Waals surface area (Å²) < 4.78 is 5.61. The third-order valence-electron chi connectivity index (χ3n) is 4.12. The van der Waals surface area contributed by atoms with Gasteiger partial charge in [0, 0.05) is 13.2 Å². The van der Waals surface area contributed by atoms with Crippen molar-refractivity contribution in [3.63, 3.8) is 0 Å². The Morgan fingerprint density at radius 1 is 1.27 bits per heavy atom. The molecular weight excluding hydrogens is 186 g/mol. The van der Waals surface area contributed by atoms with Crippen LogP contribution < -0.4 is 5.73 Å². The molecule has 2 N–H and O–H groups in total. The van der Waals surface area contributed by atoms with Gasteiger partial charge in [-0.25, -0.2) is 0 Å². The molecule has 0 amide bonds. The standard InChI is InChI=1S/C13H27NO/c1-4-11(5-2)9-12(14)10-13(15-3)7-6-8-13/h11-12H,4-10,14H2,1-3H3. The van der Waals surface area contributed by atoms with E-state index in [-0.39, 0.29) is 5.60 Å². The summed E-state index contributed by atoms with van der Waals surface area (Å²) in [6.45, 7) is 4.52. The maximum absolute atomic E-state index is 6.22. The fraction of sp³-hybridized carbons (Fsp3) is 1.00. The van der Waals surface area contributed by atoms with Crippen LogP contribution in [0, 0.1) is 5.92 Å². The highest BCUT2D eigenvalue weighted by atomic mass is 16.5. The average molecular weight is 213 g/mol. The monoisotopic (exact) mass is 213 g/mol. The van der Waals surface area contributed by atoms with E-state index in [4.69, 9.17) is 10.5 Å². The summed E-state index contributed by atoms with van der Waals surface area (Å²) in [4.78, 5) is 0. The Balaban J connectivity index is 2.30. The molecule has 1 unspecified atom stereocenters. The molecule has 1 rings (SSSR count). The van der Waals surface area contributed by atoms with Crippen molar-refractivity contribution in [2.75, 3.05) is 7.11 Å². The zero-order valence-corrected chi connectivity index (χ0v) is 10.6. The molecule has 15 heavy (non-hydrogen) atoms. The molecule has 2 heteroatoms. The number of rotatable bonds is 7. The van der Waals surface area contributed by atoms with Crippen molar-refractivity contribution >= 4 is 0 Å². The SMILES string of the molecule is CCC(CC)CC(N)CC1(OC)CCC1. The lowest BCUT2D eigenvalue weighted by Crippen LogP contribution is -2.44. The third-order valence-corrected chi connectivity index (χ3v) is 4.12. The molecule has 1 saturated carbocycles. The predicted octanol–water partition coefficient (Wildman–Crippen LogP) is 3.10. The van der Waals surface area contributed by atoms with Crippen LogP contribution in [0.15, 0.2) is 0 Å². The van der Waals surface area contributed by atoms with Crippen LogP contribution in [0.4, 0.5) is 0 Å². The first kappa shape index (κ1) is 13.0. The highest BCUT2D eigenvalue weighted by molar-refractivity contribution is 4.92. The van der Waals surface area contributed by atoms with E-state index in [1.54, 1.807) is 0 Å². The highest BCUT2D eigenvalue weighted by Crippen LogP contribution is 2.39. The van der Waals surface area contributed by atoms with Gasteiger partial charge in [-0.05, 0) is 38.0 Å². The minimum Gasteiger partial charge on any atom is -0.378 e. The van der Waals surface area contributed by atoms with Gasteiger partial charge in [0.15, 0.2) is 0 Å². The number of methoxy groups -OCH3 is 1. The minimum atomic E-state index is 0.144. The molecule has 0 aromatic rings.